The molecule has 5 N–H and O–H groups in total. The molecule has 0 bridgehead atoms. The maximum atomic E-state index is 13.9. The number of carbonyl (C=O) groups excluding carboxylic acids is 6. The first-order valence-corrected chi connectivity index (χ1v) is 22.9. The number of hydrogen-bond donors (Lipinski definition) is 5. The van der Waals surface area contributed by atoms with Crippen molar-refractivity contribution in [2.45, 2.75) is 81.5 Å². The van der Waals surface area contributed by atoms with E-state index in [0.717, 1.165) is 22.5 Å². The highest BCUT2D eigenvalue weighted by Gasteiger charge is 2.40. The minimum absolute atomic E-state index is 0.0495. The quantitative estimate of drug-likeness (QED) is 0.0549. The Hall–Kier alpha value is -6.79. The molecule has 4 aromatic rings. The van der Waals surface area contributed by atoms with Gasteiger partial charge in [-0.25, -0.2) is 22.8 Å². The molecule has 0 spiro atoms. The van der Waals surface area contributed by atoms with Crippen molar-refractivity contribution in [1.82, 2.24) is 25.2 Å². The molecule has 346 valence electrons. The lowest BCUT2D eigenvalue weighted by Crippen LogP contribution is -2.52. The lowest BCUT2D eigenvalue weighted by molar-refractivity contribution is -0.145. The van der Waals surface area contributed by atoms with Gasteiger partial charge in [-0.05, 0) is 92.5 Å². The molecule has 65 heavy (non-hydrogen) atoms. The molecule has 18 heteroatoms. The highest BCUT2D eigenvalue weighted by atomic mass is 32.2. The molecular formula is C47H57N7O10S. The number of rotatable bonds is 21. The van der Waals surface area contributed by atoms with E-state index in [4.69, 9.17) is 9.47 Å². The molecule has 4 aromatic carbocycles. The summed E-state index contributed by atoms with van der Waals surface area (Å²) in [5, 5.41) is 13.7. The van der Waals surface area contributed by atoms with Gasteiger partial charge < -0.3 is 41.0 Å². The van der Waals surface area contributed by atoms with Gasteiger partial charge >= 0.3 is 18.1 Å². The minimum Gasteiger partial charge on any atom is -0.467 e. The Labute approximate surface area is 379 Å². The molecule has 0 aliphatic carbocycles. The van der Waals surface area contributed by atoms with Gasteiger partial charge in [-0.1, -0.05) is 78.9 Å². The lowest BCUT2D eigenvalue weighted by atomic mass is 10.0. The van der Waals surface area contributed by atoms with Crippen molar-refractivity contribution >= 4 is 57.2 Å². The summed E-state index contributed by atoms with van der Waals surface area (Å²) in [5.41, 5.74) is 3.57. The molecular weight excluding hydrogens is 855 g/mol. The number of nitrogens with one attached hydrogen (secondary N) is 5. The van der Waals surface area contributed by atoms with E-state index in [1.54, 1.807) is 48.5 Å². The van der Waals surface area contributed by atoms with Gasteiger partial charge in [0.15, 0.2) is 0 Å². The van der Waals surface area contributed by atoms with Gasteiger partial charge in [0.25, 0.3) is 0 Å². The molecule has 1 unspecified atom stereocenters. The van der Waals surface area contributed by atoms with Gasteiger partial charge in [0, 0.05) is 38.1 Å². The van der Waals surface area contributed by atoms with Crippen molar-refractivity contribution < 1.29 is 46.7 Å². The number of unbranched alkanes of at least 4 members (excludes halogenated alkanes) is 1. The third kappa shape index (κ3) is 14.6. The zero-order valence-corrected chi connectivity index (χ0v) is 37.6. The second-order valence-corrected chi connectivity index (χ2v) is 17.4. The lowest BCUT2D eigenvalue weighted by Gasteiger charge is -2.28. The van der Waals surface area contributed by atoms with Crippen LogP contribution in [0.2, 0.25) is 0 Å². The highest BCUT2D eigenvalue weighted by Crippen LogP contribution is 2.26. The fourth-order valence-electron chi connectivity index (χ4n) is 7.24. The molecule has 1 aliphatic rings. The molecule has 1 fully saturated rings. The Morgan fingerprint density at radius 1 is 0.785 bits per heavy atom. The zero-order valence-electron chi connectivity index (χ0n) is 36.8. The number of carbonyl (C=O) groups is 6. The minimum atomic E-state index is -3.99. The van der Waals surface area contributed by atoms with E-state index in [0.29, 0.717) is 36.2 Å². The number of sulfonamides is 1. The van der Waals surface area contributed by atoms with Crippen LogP contribution >= 0.6 is 0 Å². The summed E-state index contributed by atoms with van der Waals surface area (Å²) in [6, 6.07) is 27.5. The number of urea groups is 1. The number of alkyl carbamates (subject to hydrolysis) is 1. The first kappa shape index (κ1) is 49.2. The Bertz CT molecular complexity index is 2350. The third-order valence-corrected chi connectivity index (χ3v) is 12.8. The molecule has 0 aromatic heterocycles. The van der Waals surface area contributed by atoms with Gasteiger partial charge in [-0.3, -0.25) is 14.4 Å². The van der Waals surface area contributed by atoms with Crippen molar-refractivity contribution in [1.29, 1.82) is 0 Å². The first-order valence-electron chi connectivity index (χ1n) is 21.4. The van der Waals surface area contributed by atoms with Crippen LogP contribution < -0.4 is 26.6 Å². The average Bonchev–Trinajstić information content (AvgIpc) is 3.82. The van der Waals surface area contributed by atoms with Crippen molar-refractivity contribution in [3.8, 4) is 0 Å². The zero-order chi connectivity index (χ0) is 46.8. The SMILES string of the molecule is COC(=O)[C@H](CCNC(=O)[C@H](CCCCNC(=O)OCc1ccccc1)N(C)C(=O)Cc1ccc(NC(=O)Nc2ccccc2C)cc1)NC(=O)C1CCCN1S(=O)(=O)c1ccccc1. The summed E-state index contributed by atoms with van der Waals surface area (Å²) in [4.78, 5) is 80.3. The number of esters is 1. The second-order valence-electron chi connectivity index (χ2n) is 15.5. The van der Waals surface area contributed by atoms with Crippen molar-refractivity contribution in [2.75, 3.05) is 44.4 Å². The maximum absolute atomic E-state index is 13.9. The number of anilines is 2. The fourth-order valence-corrected chi connectivity index (χ4v) is 8.92. The van der Waals surface area contributed by atoms with Gasteiger partial charge in [0.1, 0.15) is 24.7 Å². The number of likely N-dealkylation sites (N-methyl/N-ethyl adjacent to an activating group) is 1. The molecule has 5 rings (SSSR count). The van der Waals surface area contributed by atoms with Crippen molar-refractivity contribution in [3.05, 3.63) is 126 Å². The normalized spacial score (nSPS) is 14.5. The first-order chi connectivity index (χ1) is 31.3. The van der Waals surface area contributed by atoms with E-state index in [1.807, 2.05) is 55.5 Å². The van der Waals surface area contributed by atoms with Crippen LogP contribution in [0, 0.1) is 6.92 Å². The Morgan fingerprint density at radius 3 is 2.15 bits per heavy atom. The van der Waals surface area contributed by atoms with Crippen LogP contribution in [-0.2, 0) is 51.7 Å². The van der Waals surface area contributed by atoms with Gasteiger partial charge in [-0.15, -0.1) is 0 Å². The molecule has 3 atom stereocenters. The summed E-state index contributed by atoms with van der Waals surface area (Å²) < 4.78 is 38.2. The number of aryl methyl sites for hydroxylation is 1. The monoisotopic (exact) mass is 911 g/mol. The standard InChI is InChI=1S/C47H57N7O10S/c1-33-15-10-11-20-38(33)52-46(59)50-36-25-23-34(24-26-36)31-42(55)53(2)40(21-12-13-28-49-47(60)64-32-35-16-6-4-7-17-35)43(56)48-29-27-39(45(58)63-3)51-44(57)41-22-14-30-54(41)65(61,62)37-18-8-5-9-19-37/h4-11,15-20,23-26,39-41H,12-14,21-22,27-32H2,1-3H3,(H,48,56)(H,49,60)(H,51,57)(H2,50,52,59)/t39-,40-,41?/m0/s1. The van der Waals surface area contributed by atoms with Crippen molar-refractivity contribution in [3.63, 3.8) is 0 Å². The van der Waals surface area contributed by atoms with E-state index in [1.165, 1.54) is 24.1 Å². The van der Waals surface area contributed by atoms with Crippen LogP contribution in [0.1, 0.15) is 55.2 Å². The largest absolute Gasteiger partial charge is 0.467 e. The van der Waals surface area contributed by atoms with Crippen LogP contribution in [0.4, 0.5) is 21.0 Å². The molecule has 1 aliphatic heterocycles. The maximum Gasteiger partial charge on any atom is 0.407 e. The Morgan fingerprint density at radius 2 is 1.46 bits per heavy atom. The molecule has 17 nitrogen and oxygen atoms in total. The van der Waals surface area contributed by atoms with Gasteiger partial charge in [-0.2, -0.15) is 4.31 Å². The van der Waals surface area contributed by atoms with Crippen molar-refractivity contribution in [2.24, 2.45) is 0 Å². The summed E-state index contributed by atoms with van der Waals surface area (Å²) >= 11 is 0. The summed E-state index contributed by atoms with van der Waals surface area (Å²) in [6.07, 6.45) is 1.08. The Kier molecular flexibility index (Phi) is 18.4. The highest BCUT2D eigenvalue weighted by molar-refractivity contribution is 7.89. The number of hydrogen-bond acceptors (Lipinski definition) is 10. The number of para-hydroxylation sites is 1. The number of methoxy groups -OCH3 is 1. The van der Waals surface area contributed by atoms with E-state index in [9.17, 15) is 37.2 Å². The van der Waals surface area contributed by atoms with Crippen LogP contribution in [-0.4, -0.2) is 105 Å². The number of ether oxygens (including phenoxy) is 2. The fraction of sp³-hybridized carbons (Fsp3) is 0.362. The smallest absolute Gasteiger partial charge is 0.407 e. The third-order valence-electron chi connectivity index (χ3n) is 10.9. The van der Waals surface area contributed by atoms with Gasteiger partial charge in [0.2, 0.25) is 27.7 Å². The molecule has 0 saturated carbocycles. The summed E-state index contributed by atoms with van der Waals surface area (Å²) in [7, 11) is -1.32. The number of amides is 6. The molecule has 0 radical (unpaired) electrons. The summed E-state index contributed by atoms with van der Waals surface area (Å²) in [5.74, 6) is -2.33. The topological polar surface area (TPSA) is 222 Å². The van der Waals surface area contributed by atoms with Crippen LogP contribution in [0.25, 0.3) is 0 Å². The van der Waals surface area contributed by atoms with E-state index >= 15 is 0 Å². The van der Waals surface area contributed by atoms with Crippen LogP contribution in [0.3, 0.4) is 0 Å². The molecule has 6 amide bonds. The number of nitrogens with zero attached hydrogens (tertiary/aromatic N) is 2. The molecule has 1 saturated heterocycles. The van der Waals surface area contributed by atoms with Crippen LogP contribution in [0.5, 0.6) is 0 Å². The van der Waals surface area contributed by atoms with E-state index < -0.39 is 58.1 Å². The van der Waals surface area contributed by atoms with E-state index in [-0.39, 0.29) is 62.7 Å². The van der Waals surface area contributed by atoms with Gasteiger partial charge in [0.05, 0.1) is 18.4 Å². The summed E-state index contributed by atoms with van der Waals surface area (Å²) in [6.45, 7) is 2.28. The van der Waals surface area contributed by atoms with Crippen LogP contribution in [0.15, 0.2) is 114 Å². The Balaban J connectivity index is 1.18. The average molecular weight is 912 g/mol. The predicted octanol–water partition coefficient (Wildman–Crippen LogP) is 5.12. The number of benzene rings is 4. The predicted molar refractivity (Wildman–Crippen MR) is 244 cm³/mol. The molecule has 1 heterocycles. The second kappa shape index (κ2) is 24.3. The van der Waals surface area contributed by atoms with E-state index in [2.05, 4.69) is 26.6 Å².